The molecule has 3 aliphatic rings. The number of phenols is 1. The van der Waals surface area contributed by atoms with Crippen molar-refractivity contribution < 1.29 is 14.7 Å². The first-order chi connectivity index (χ1) is 16.5. The van der Waals surface area contributed by atoms with Gasteiger partial charge in [-0.1, -0.05) is 19.1 Å². The lowest BCUT2D eigenvalue weighted by Gasteiger charge is -2.39. The fourth-order valence-corrected chi connectivity index (χ4v) is 5.67. The van der Waals surface area contributed by atoms with E-state index in [-0.39, 0.29) is 0 Å². The maximum atomic E-state index is 12.0. The number of hydrogen-bond acceptors (Lipinski definition) is 6. The number of Topliss-reactive ketones (excluding diaryl/α,β-unsaturated/α-hetero) is 1. The van der Waals surface area contributed by atoms with Gasteiger partial charge in [0.1, 0.15) is 5.75 Å². The summed E-state index contributed by atoms with van der Waals surface area (Å²) in [4.78, 5) is 31.2. The van der Waals surface area contributed by atoms with E-state index in [4.69, 9.17) is 0 Å². The average molecular weight is 463 g/mol. The molecular weight excluding hydrogens is 428 g/mol. The van der Waals surface area contributed by atoms with Gasteiger partial charge in [0, 0.05) is 51.0 Å². The minimum absolute atomic E-state index is 0.438. The number of ketones is 1. The highest BCUT2D eigenvalue weighted by molar-refractivity contribution is 6.51. The molecule has 1 saturated heterocycles. The molecule has 180 valence electrons. The second kappa shape index (κ2) is 9.76. The van der Waals surface area contributed by atoms with Crippen molar-refractivity contribution in [2.24, 2.45) is 0 Å². The van der Waals surface area contributed by atoms with Crippen molar-refractivity contribution in [3.63, 3.8) is 0 Å². The Bertz CT molecular complexity index is 1080. The van der Waals surface area contributed by atoms with E-state index < -0.39 is 11.7 Å². The van der Waals surface area contributed by atoms with Crippen LogP contribution in [0.2, 0.25) is 0 Å². The molecule has 0 bridgehead atoms. The van der Waals surface area contributed by atoms with E-state index in [2.05, 4.69) is 33.0 Å². The molecule has 0 saturated carbocycles. The minimum atomic E-state index is -0.535. The van der Waals surface area contributed by atoms with Gasteiger partial charge in [-0.05, 0) is 67.6 Å². The van der Waals surface area contributed by atoms with Crippen molar-refractivity contribution in [2.45, 2.75) is 38.6 Å². The summed E-state index contributed by atoms with van der Waals surface area (Å²) in [6.07, 6.45) is 4.22. The molecule has 0 spiro atoms. The summed E-state index contributed by atoms with van der Waals surface area (Å²) >= 11 is 0. The number of benzene rings is 2. The molecular formula is C27H34N4O3. The van der Waals surface area contributed by atoms with Crippen LogP contribution in [0.25, 0.3) is 0 Å². The summed E-state index contributed by atoms with van der Waals surface area (Å²) in [6.45, 7) is 9.28. The van der Waals surface area contributed by atoms with Gasteiger partial charge in [0.25, 0.3) is 11.7 Å². The van der Waals surface area contributed by atoms with Gasteiger partial charge in [0.05, 0.1) is 11.3 Å². The topological polar surface area (TPSA) is 76.1 Å². The largest absolute Gasteiger partial charge is 0.508 e. The van der Waals surface area contributed by atoms with Crippen LogP contribution in [0, 0.1) is 0 Å². The second-order valence-electron chi connectivity index (χ2n) is 9.69. The molecule has 0 aromatic heterocycles. The number of carbonyl (C=O) groups excluding carboxylic acids is 2. The molecule has 5 rings (SSSR count). The third kappa shape index (κ3) is 4.55. The average Bonchev–Trinajstić information content (AvgIpc) is 3.15. The van der Waals surface area contributed by atoms with Crippen molar-refractivity contribution in [3.05, 3.63) is 53.1 Å². The van der Waals surface area contributed by atoms with Crippen LogP contribution < -0.4 is 10.2 Å². The fraction of sp³-hybridized carbons (Fsp3) is 0.481. The lowest BCUT2D eigenvalue weighted by Crippen LogP contribution is -2.50. The van der Waals surface area contributed by atoms with Crippen LogP contribution in [-0.4, -0.2) is 78.5 Å². The zero-order valence-corrected chi connectivity index (χ0v) is 19.9. The van der Waals surface area contributed by atoms with Gasteiger partial charge in [-0.25, -0.2) is 0 Å². The summed E-state index contributed by atoms with van der Waals surface area (Å²) in [6, 6.07) is 12.2. The molecule has 1 aliphatic carbocycles. The first-order valence-corrected chi connectivity index (χ1v) is 12.5. The molecule has 1 amide bonds. The number of rotatable bonds is 7. The number of piperazine rings is 1. The van der Waals surface area contributed by atoms with Gasteiger partial charge in [-0.2, -0.15) is 0 Å². The third-order valence-corrected chi connectivity index (χ3v) is 7.60. The Hall–Kier alpha value is -2.90. The van der Waals surface area contributed by atoms with E-state index in [9.17, 15) is 14.7 Å². The highest BCUT2D eigenvalue weighted by atomic mass is 16.3. The molecule has 2 N–H and O–H groups in total. The molecule has 2 aromatic rings. The Balaban J connectivity index is 1.15. The van der Waals surface area contributed by atoms with E-state index in [0.717, 1.165) is 82.7 Å². The molecule has 1 fully saturated rings. The number of hydrogen-bond donors (Lipinski definition) is 2. The molecule has 1 unspecified atom stereocenters. The zero-order valence-electron chi connectivity index (χ0n) is 19.9. The molecule has 0 radical (unpaired) electrons. The number of nitrogens with zero attached hydrogens (tertiary/aromatic N) is 3. The van der Waals surface area contributed by atoms with E-state index in [1.54, 1.807) is 6.07 Å². The maximum Gasteiger partial charge on any atom is 0.296 e. The summed E-state index contributed by atoms with van der Waals surface area (Å²) < 4.78 is 0. The number of fused-ring (bicyclic) bond motifs is 2. The Morgan fingerprint density at radius 1 is 1.09 bits per heavy atom. The smallest absolute Gasteiger partial charge is 0.296 e. The van der Waals surface area contributed by atoms with E-state index >= 15 is 0 Å². The fourth-order valence-electron chi connectivity index (χ4n) is 5.67. The Morgan fingerprint density at radius 2 is 1.91 bits per heavy atom. The summed E-state index contributed by atoms with van der Waals surface area (Å²) in [5, 5.41) is 12.8. The van der Waals surface area contributed by atoms with Crippen molar-refractivity contribution in [1.29, 1.82) is 0 Å². The number of nitrogens with one attached hydrogen (secondary N) is 1. The predicted octanol–water partition coefficient (Wildman–Crippen LogP) is 2.92. The van der Waals surface area contributed by atoms with Gasteiger partial charge in [0.15, 0.2) is 0 Å². The highest BCUT2D eigenvalue weighted by Crippen LogP contribution is 2.31. The van der Waals surface area contributed by atoms with E-state index in [1.165, 1.54) is 5.56 Å². The van der Waals surface area contributed by atoms with Crippen LogP contribution >= 0.6 is 0 Å². The predicted molar refractivity (Wildman–Crippen MR) is 134 cm³/mol. The van der Waals surface area contributed by atoms with E-state index in [0.29, 0.717) is 23.0 Å². The van der Waals surface area contributed by atoms with Crippen LogP contribution in [0.15, 0.2) is 36.4 Å². The number of phenolic OH excluding ortho intramolecular Hbond substituents is 1. The third-order valence-electron chi connectivity index (χ3n) is 7.60. The lowest BCUT2D eigenvalue weighted by atomic mass is 9.87. The summed E-state index contributed by atoms with van der Waals surface area (Å²) in [5.41, 5.74) is 4.56. The second-order valence-corrected chi connectivity index (χ2v) is 9.69. The monoisotopic (exact) mass is 462 g/mol. The highest BCUT2D eigenvalue weighted by Gasteiger charge is 2.29. The van der Waals surface area contributed by atoms with Crippen LogP contribution in [0.3, 0.4) is 0 Å². The van der Waals surface area contributed by atoms with Crippen LogP contribution in [0.4, 0.5) is 11.4 Å². The van der Waals surface area contributed by atoms with Crippen LogP contribution in [0.1, 0.15) is 41.3 Å². The number of anilines is 2. The van der Waals surface area contributed by atoms with Crippen LogP contribution in [0.5, 0.6) is 5.75 Å². The first-order valence-electron chi connectivity index (χ1n) is 12.5. The standard InChI is InChI=1S/C27H34N4O3/c1-2-10-30(20-6-8-22-19(17-20)4-3-5-25(22)32)14-11-29-12-15-31(16-13-29)21-7-9-24-23(18-21)26(33)27(34)28-24/h3-5,7,9,18,20,32H,2,6,8,10-17H2,1H3,(H,28,33,34). The van der Waals surface area contributed by atoms with Crippen molar-refractivity contribution in [2.75, 3.05) is 56.0 Å². The molecule has 2 aromatic carbocycles. The number of amides is 1. The Labute approximate surface area is 201 Å². The van der Waals surface area contributed by atoms with Crippen LogP contribution in [-0.2, 0) is 17.6 Å². The molecule has 1 atom stereocenters. The van der Waals surface area contributed by atoms with E-state index in [1.807, 2.05) is 24.3 Å². The quantitative estimate of drug-likeness (QED) is 0.617. The van der Waals surface area contributed by atoms with Gasteiger partial charge in [-0.3, -0.25) is 19.4 Å². The van der Waals surface area contributed by atoms with Crippen molar-refractivity contribution in [1.82, 2.24) is 9.80 Å². The minimum Gasteiger partial charge on any atom is -0.508 e. The van der Waals surface area contributed by atoms with Gasteiger partial charge < -0.3 is 15.3 Å². The maximum absolute atomic E-state index is 12.0. The number of carbonyl (C=O) groups is 2. The zero-order chi connectivity index (χ0) is 23.7. The van der Waals surface area contributed by atoms with Crippen molar-refractivity contribution >= 4 is 23.1 Å². The molecule has 34 heavy (non-hydrogen) atoms. The summed E-state index contributed by atoms with van der Waals surface area (Å²) in [7, 11) is 0. The van der Waals surface area contributed by atoms with Crippen molar-refractivity contribution in [3.8, 4) is 5.75 Å². The Kier molecular flexibility index (Phi) is 6.57. The lowest BCUT2D eigenvalue weighted by molar-refractivity contribution is -0.112. The molecule has 7 heteroatoms. The van der Waals surface area contributed by atoms with Gasteiger partial charge in [0.2, 0.25) is 0 Å². The molecule has 2 heterocycles. The summed E-state index contributed by atoms with van der Waals surface area (Å²) in [5.74, 6) is -0.523. The normalized spacial score (nSPS) is 20.4. The molecule has 7 nitrogen and oxygen atoms in total. The van der Waals surface area contributed by atoms with Gasteiger partial charge >= 0.3 is 0 Å². The van der Waals surface area contributed by atoms with Gasteiger partial charge in [-0.15, -0.1) is 0 Å². The Morgan fingerprint density at radius 3 is 2.71 bits per heavy atom. The SMILES string of the molecule is CCCN(CCN1CCN(c2ccc3c(c2)C(=O)C(=O)N3)CC1)C1CCc2c(O)cccc2C1. The number of aromatic hydroxyl groups is 1. The first kappa shape index (κ1) is 22.9. The molecule has 2 aliphatic heterocycles.